The van der Waals surface area contributed by atoms with Gasteiger partial charge >= 0.3 is 0 Å². The van der Waals surface area contributed by atoms with E-state index in [1.54, 1.807) is 4.90 Å². The molecule has 104 valence electrons. The highest BCUT2D eigenvalue weighted by Gasteiger charge is 2.31. The van der Waals surface area contributed by atoms with Crippen molar-refractivity contribution in [1.82, 2.24) is 4.90 Å². The second-order valence-corrected chi connectivity index (χ2v) is 6.54. The minimum atomic E-state index is -0.664. The highest BCUT2D eigenvalue weighted by atomic mass is 79.9. The predicted molar refractivity (Wildman–Crippen MR) is 75.1 cm³/mol. The fraction of sp³-hybridized carbons (Fsp3) is 0.500. The Kier molecular flexibility index (Phi) is 4.45. The Hall–Kier alpha value is -1.10. The summed E-state index contributed by atoms with van der Waals surface area (Å²) in [6.07, 6.45) is 2.78. The standard InChI is InChI=1S/C14H17BrFNO2/c1-9(15)7-10-3-2-6-17(10)14(19)12-5-4-11(18)8-13(12)16/h4-5,8-10,18H,2-3,6-7H2,1H3. The molecule has 1 aromatic carbocycles. The maximum absolute atomic E-state index is 13.7. The first-order valence-electron chi connectivity index (χ1n) is 6.42. The van der Waals surface area contributed by atoms with Crippen LogP contribution in [0.5, 0.6) is 5.75 Å². The maximum atomic E-state index is 13.7. The summed E-state index contributed by atoms with van der Waals surface area (Å²) >= 11 is 3.50. The summed E-state index contributed by atoms with van der Waals surface area (Å²) in [6.45, 7) is 2.71. The van der Waals surface area contributed by atoms with E-state index in [1.807, 2.05) is 6.92 Å². The van der Waals surface area contributed by atoms with E-state index in [4.69, 9.17) is 0 Å². The van der Waals surface area contributed by atoms with Crippen LogP contribution in [0.15, 0.2) is 18.2 Å². The molecule has 1 saturated heterocycles. The number of amides is 1. The van der Waals surface area contributed by atoms with Gasteiger partial charge in [0.2, 0.25) is 0 Å². The number of benzene rings is 1. The number of hydrogen-bond donors (Lipinski definition) is 1. The molecule has 2 atom stereocenters. The lowest BCUT2D eigenvalue weighted by molar-refractivity contribution is 0.0726. The lowest BCUT2D eigenvalue weighted by atomic mass is 10.1. The lowest BCUT2D eigenvalue weighted by Gasteiger charge is -2.26. The quantitative estimate of drug-likeness (QED) is 0.864. The van der Waals surface area contributed by atoms with Gasteiger partial charge in [-0.15, -0.1) is 0 Å². The molecule has 1 aliphatic heterocycles. The van der Waals surface area contributed by atoms with E-state index < -0.39 is 5.82 Å². The van der Waals surface area contributed by atoms with Crippen molar-refractivity contribution in [3.05, 3.63) is 29.6 Å². The first-order valence-corrected chi connectivity index (χ1v) is 7.34. The first-order chi connectivity index (χ1) is 8.99. The third kappa shape index (κ3) is 3.26. The molecule has 0 aliphatic carbocycles. The summed E-state index contributed by atoms with van der Waals surface area (Å²) in [4.78, 5) is 14.4. The van der Waals surface area contributed by atoms with Gasteiger partial charge in [0, 0.05) is 23.5 Å². The molecule has 3 nitrogen and oxygen atoms in total. The van der Waals surface area contributed by atoms with E-state index in [9.17, 15) is 14.3 Å². The Morgan fingerprint density at radius 1 is 1.63 bits per heavy atom. The molecule has 1 N–H and O–H groups in total. The summed E-state index contributed by atoms with van der Waals surface area (Å²) in [6, 6.07) is 3.83. The SMILES string of the molecule is CC(Br)CC1CCCN1C(=O)c1ccc(O)cc1F. The van der Waals surface area contributed by atoms with Gasteiger partial charge in [-0.1, -0.05) is 22.9 Å². The molecular weight excluding hydrogens is 313 g/mol. The summed E-state index contributed by atoms with van der Waals surface area (Å²) < 4.78 is 13.7. The number of aromatic hydroxyl groups is 1. The molecule has 0 bridgehead atoms. The van der Waals surface area contributed by atoms with E-state index >= 15 is 0 Å². The van der Waals surface area contributed by atoms with Crippen LogP contribution in [0, 0.1) is 5.82 Å². The Morgan fingerprint density at radius 2 is 2.37 bits per heavy atom. The number of alkyl halides is 1. The van der Waals surface area contributed by atoms with Crippen LogP contribution in [0.1, 0.15) is 36.5 Å². The van der Waals surface area contributed by atoms with Crippen molar-refractivity contribution in [3.63, 3.8) is 0 Å². The van der Waals surface area contributed by atoms with Crippen LogP contribution in [0.25, 0.3) is 0 Å². The third-order valence-electron chi connectivity index (χ3n) is 3.42. The number of phenols is 1. The number of phenolic OH excluding ortho intramolecular Hbond substituents is 1. The monoisotopic (exact) mass is 329 g/mol. The molecule has 5 heteroatoms. The molecule has 0 saturated carbocycles. The molecule has 2 unspecified atom stereocenters. The van der Waals surface area contributed by atoms with Crippen molar-refractivity contribution in [3.8, 4) is 5.75 Å². The Balaban J connectivity index is 2.18. The van der Waals surface area contributed by atoms with Gasteiger partial charge in [-0.2, -0.15) is 0 Å². The van der Waals surface area contributed by atoms with E-state index in [0.29, 0.717) is 11.4 Å². The number of carbonyl (C=O) groups excluding carboxylic acids is 1. The smallest absolute Gasteiger partial charge is 0.257 e. The number of halogens is 2. The molecule has 0 aromatic heterocycles. The van der Waals surface area contributed by atoms with Crippen LogP contribution in [0.4, 0.5) is 4.39 Å². The lowest BCUT2D eigenvalue weighted by Crippen LogP contribution is -2.37. The molecule has 1 heterocycles. The van der Waals surface area contributed by atoms with Gasteiger partial charge in [0.15, 0.2) is 0 Å². The molecular formula is C14H17BrFNO2. The number of nitrogens with zero attached hydrogens (tertiary/aromatic N) is 1. The van der Waals surface area contributed by atoms with Crippen molar-refractivity contribution < 1.29 is 14.3 Å². The van der Waals surface area contributed by atoms with Crippen molar-refractivity contribution in [1.29, 1.82) is 0 Å². The maximum Gasteiger partial charge on any atom is 0.257 e. The van der Waals surface area contributed by atoms with Crippen LogP contribution < -0.4 is 0 Å². The highest BCUT2D eigenvalue weighted by molar-refractivity contribution is 9.09. The van der Waals surface area contributed by atoms with Gasteiger partial charge in [-0.25, -0.2) is 4.39 Å². The topological polar surface area (TPSA) is 40.5 Å². The van der Waals surface area contributed by atoms with E-state index in [2.05, 4.69) is 15.9 Å². The summed E-state index contributed by atoms with van der Waals surface area (Å²) in [7, 11) is 0. The predicted octanol–water partition coefficient (Wildman–Crippen LogP) is 3.31. The summed E-state index contributed by atoms with van der Waals surface area (Å²) in [5.74, 6) is -1.11. The van der Waals surface area contributed by atoms with E-state index in [-0.39, 0.29) is 23.3 Å². The van der Waals surface area contributed by atoms with Crippen LogP contribution in [-0.2, 0) is 0 Å². The second-order valence-electron chi connectivity index (χ2n) is 4.98. The fourth-order valence-corrected chi connectivity index (χ4v) is 2.99. The Labute approximate surface area is 120 Å². The number of likely N-dealkylation sites (tertiary alicyclic amines) is 1. The average molecular weight is 330 g/mol. The van der Waals surface area contributed by atoms with Gasteiger partial charge in [0.05, 0.1) is 5.56 Å². The molecule has 1 amide bonds. The third-order valence-corrected chi connectivity index (χ3v) is 3.79. The summed E-state index contributed by atoms with van der Waals surface area (Å²) in [5, 5.41) is 9.18. The molecule has 2 rings (SSSR count). The molecule has 1 aliphatic rings. The molecule has 0 spiro atoms. The first kappa shape index (κ1) is 14.3. The molecule has 0 radical (unpaired) electrons. The Bertz CT molecular complexity index is 479. The zero-order valence-corrected chi connectivity index (χ0v) is 12.4. The second kappa shape index (κ2) is 5.90. The molecule has 19 heavy (non-hydrogen) atoms. The normalized spacial score (nSPS) is 20.6. The van der Waals surface area contributed by atoms with Crippen molar-refractivity contribution in [2.24, 2.45) is 0 Å². The minimum Gasteiger partial charge on any atom is -0.508 e. The molecule has 1 aromatic rings. The van der Waals surface area contributed by atoms with Crippen molar-refractivity contribution in [2.75, 3.05) is 6.54 Å². The van der Waals surface area contributed by atoms with Crippen LogP contribution >= 0.6 is 15.9 Å². The highest BCUT2D eigenvalue weighted by Crippen LogP contribution is 2.26. The van der Waals surface area contributed by atoms with Crippen molar-refractivity contribution in [2.45, 2.75) is 37.1 Å². The average Bonchev–Trinajstić information content (AvgIpc) is 2.75. The number of carbonyl (C=O) groups is 1. The Morgan fingerprint density at radius 3 is 3.00 bits per heavy atom. The van der Waals surface area contributed by atoms with E-state index in [1.165, 1.54) is 12.1 Å². The van der Waals surface area contributed by atoms with Crippen molar-refractivity contribution >= 4 is 21.8 Å². The number of rotatable bonds is 3. The van der Waals surface area contributed by atoms with Crippen LogP contribution in [0.2, 0.25) is 0 Å². The minimum absolute atomic E-state index is 0.0342. The van der Waals surface area contributed by atoms with Crippen LogP contribution in [-0.4, -0.2) is 33.3 Å². The zero-order chi connectivity index (χ0) is 14.0. The largest absolute Gasteiger partial charge is 0.508 e. The fourth-order valence-electron chi connectivity index (χ4n) is 2.56. The zero-order valence-electron chi connectivity index (χ0n) is 10.8. The van der Waals surface area contributed by atoms with Gasteiger partial charge in [0.1, 0.15) is 11.6 Å². The number of hydrogen-bond acceptors (Lipinski definition) is 2. The van der Waals surface area contributed by atoms with Gasteiger partial charge in [-0.3, -0.25) is 4.79 Å². The van der Waals surface area contributed by atoms with Gasteiger partial charge < -0.3 is 10.0 Å². The summed E-state index contributed by atoms with van der Waals surface area (Å²) in [5.41, 5.74) is 0.0342. The van der Waals surface area contributed by atoms with Gasteiger partial charge in [-0.05, 0) is 31.4 Å². The van der Waals surface area contributed by atoms with E-state index in [0.717, 1.165) is 25.3 Å². The van der Waals surface area contributed by atoms with Crippen LogP contribution in [0.3, 0.4) is 0 Å². The molecule has 1 fully saturated rings. The van der Waals surface area contributed by atoms with Gasteiger partial charge in [0.25, 0.3) is 5.91 Å².